The first-order chi connectivity index (χ1) is 16.5. The molecule has 0 spiro atoms. The zero-order valence-electron chi connectivity index (χ0n) is 21.0. The minimum absolute atomic E-state index is 0.0488. The van der Waals surface area contributed by atoms with Crippen LogP contribution in [0.3, 0.4) is 0 Å². The van der Waals surface area contributed by atoms with Gasteiger partial charge < -0.3 is 15.1 Å². The number of carbonyl (C=O) groups excluding carboxylic acids is 1. The van der Waals surface area contributed by atoms with Crippen molar-refractivity contribution in [2.24, 2.45) is 0 Å². The SMILES string of the molecule is CC(C)N1CCN(c2ccc(C(=O)NCCCCCCCCCCCCO[N+](=O)[O-])cn2)CC1. The van der Waals surface area contributed by atoms with E-state index in [1.165, 1.54) is 32.1 Å². The van der Waals surface area contributed by atoms with E-state index in [0.717, 1.165) is 64.1 Å². The van der Waals surface area contributed by atoms with Gasteiger partial charge in [0.2, 0.25) is 0 Å². The normalized spacial score (nSPS) is 14.4. The van der Waals surface area contributed by atoms with Crippen LogP contribution >= 0.6 is 0 Å². The second-order valence-electron chi connectivity index (χ2n) is 9.37. The number of rotatable bonds is 17. The van der Waals surface area contributed by atoms with Crippen molar-refractivity contribution in [3.05, 3.63) is 34.0 Å². The summed E-state index contributed by atoms with van der Waals surface area (Å²) >= 11 is 0. The van der Waals surface area contributed by atoms with Crippen LogP contribution in [0.5, 0.6) is 0 Å². The number of aromatic nitrogens is 1. The Morgan fingerprint density at radius 1 is 1.00 bits per heavy atom. The average Bonchev–Trinajstić information content (AvgIpc) is 2.84. The molecular weight excluding hydrogens is 434 g/mol. The van der Waals surface area contributed by atoms with Crippen molar-refractivity contribution < 1.29 is 14.7 Å². The number of hydrogen-bond donors (Lipinski definition) is 1. The predicted octanol–water partition coefficient (Wildman–Crippen LogP) is 4.45. The first-order valence-electron chi connectivity index (χ1n) is 13.0. The van der Waals surface area contributed by atoms with Crippen LogP contribution in [-0.4, -0.2) is 66.3 Å². The fourth-order valence-electron chi connectivity index (χ4n) is 4.26. The van der Waals surface area contributed by atoms with Gasteiger partial charge in [0.25, 0.3) is 11.0 Å². The summed E-state index contributed by atoms with van der Waals surface area (Å²) < 4.78 is 0. The fourth-order valence-corrected chi connectivity index (χ4v) is 4.26. The quantitative estimate of drug-likeness (QED) is 0.201. The maximum Gasteiger partial charge on any atom is 0.294 e. The Bertz CT molecular complexity index is 706. The van der Waals surface area contributed by atoms with Crippen LogP contribution in [0.4, 0.5) is 5.82 Å². The molecule has 1 aromatic rings. The van der Waals surface area contributed by atoms with E-state index in [2.05, 4.69) is 38.8 Å². The molecule has 0 radical (unpaired) electrons. The monoisotopic (exact) mass is 477 g/mol. The van der Waals surface area contributed by atoms with Crippen molar-refractivity contribution in [3.63, 3.8) is 0 Å². The highest BCUT2D eigenvalue weighted by atomic mass is 16.9. The van der Waals surface area contributed by atoms with Gasteiger partial charge in [-0.3, -0.25) is 9.69 Å². The molecule has 2 heterocycles. The molecule has 0 unspecified atom stereocenters. The van der Waals surface area contributed by atoms with Crippen LogP contribution < -0.4 is 10.2 Å². The molecule has 0 aliphatic carbocycles. The number of anilines is 1. The highest BCUT2D eigenvalue weighted by Gasteiger charge is 2.19. The van der Waals surface area contributed by atoms with E-state index < -0.39 is 5.09 Å². The van der Waals surface area contributed by atoms with Crippen molar-refractivity contribution in [2.75, 3.05) is 44.2 Å². The molecule has 1 fully saturated rings. The Labute approximate surface area is 204 Å². The molecule has 0 atom stereocenters. The van der Waals surface area contributed by atoms with Gasteiger partial charge in [-0.05, 0) is 38.8 Å². The maximum absolute atomic E-state index is 12.4. The summed E-state index contributed by atoms with van der Waals surface area (Å²) in [6.45, 7) is 9.41. The Balaban J connectivity index is 1.46. The molecule has 1 aliphatic rings. The Hall–Kier alpha value is -2.42. The van der Waals surface area contributed by atoms with Gasteiger partial charge in [-0.2, -0.15) is 0 Å². The standard InChI is InChI=1S/C25H43N5O4/c1-22(2)28-16-18-29(19-17-28)24-14-13-23(21-27-24)25(31)26-15-11-9-7-5-3-4-6-8-10-12-20-34-30(32)33/h13-14,21-22H,3-12,15-20H2,1-2H3,(H,26,31). The number of amides is 1. The third-order valence-electron chi connectivity index (χ3n) is 6.43. The molecule has 34 heavy (non-hydrogen) atoms. The molecule has 192 valence electrons. The van der Waals surface area contributed by atoms with Gasteiger partial charge in [-0.15, -0.1) is 10.1 Å². The molecule has 0 saturated carbocycles. The molecule has 1 saturated heterocycles. The minimum atomic E-state index is -0.726. The molecule has 0 bridgehead atoms. The molecule has 1 aliphatic heterocycles. The van der Waals surface area contributed by atoms with E-state index in [1.54, 1.807) is 6.20 Å². The number of nitrogens with one attached hydrogen (secondary N) is 1. The first-order valence-corrected chi connectivity index (χ1v) is 13.0. The summed E-state index contributed by atoms with van der Waals surface area (Å²) in [5.41, 5.74) is 0.620. The largest absolute Gasteiger partial charge is 0.354 e. The zero-order chi connectivity index (χ0) is 24.6. The van der Waals surface area contributed by atoms with Gasteiger partial charge in [0.05, 0.1) is 12.2 Å². The van der Waals surface area contributed by atoms with Gasteiger partial charge in [0.15, 0.2) is 0 Å². The van der Waals surface area contributed by atoms with E-state index in [4.69, 9.17) is 0 Å². The van der Waals surface area contributed by atoms with Crippen LogP contribution in [-0.2, 0) is 4.84 Å². The molecule has 1 aromatic heterocycles. The van der Waals surface area contributed by atoms with Gasteiger partial charge in [-0.25, -0.2) is 4.98 Å². The molecular formula is C25H43N5O4. The van der Waals surface area contributed by atoms with Crippen molar-refractivity contribution in [1.82, 2.24) is 15.2 Å². The lowest BCUT2D eigenvalue weighted by Gasteiger charge is -2.37. The first kappa shape index (κ1) is 27.8. The van der Waals surface area contributed by atoms with E-state index in [9.17, 15) is 14.9 Å². The van der Waals surface area contributed by atoms with E-state index in [-0.39, 0.29) is 12.5 Å². The average molecular weight is 478 g/mol. The van der Waals surface area contributed by atoms with Crippen LogP contribution in [0, 0.1) is 10.1 Å². The number of piperazine rings is 1. The van der Waals surface area contributed by atoms with E-state index in [0.29, 0.717) is 18.2 Å². The highest BCUT2D eigenvalue weighted by molar-refractivity contribution is 5.94. The lowest BCUT2D eigenvalue weighted by atomic mass is 10.1. The Kier molecular flexibility index (Phi) is 13.3. The van der Waals surface area contributed by atoms with E-state index in [1.807, 2.05) is 12.1 Å². The van der Waals surface area contributed by atoms with Crippen molar-refractivity contribution in [3.8, 4) is 0 Å². The number of nitrogens with zero attached hydrogens (tertiary/aromatic N) is 4. The lowest BCUT2D eigenvalue weighted by molar-refractivity contribution is -0.757. The van der Waals surface area contributed by atoms with Gasteiger partial charge >= 0.3 is 0 Å². The highest BCUT2D eigenvalue weighted by Crippen LogP contribution is 2.15. The number of hydrogen-bond acceptors (Lipinski definition) is 7. The van der Waals surface area contributed by atoms with Gasteiger partial charge in [-0.1, -0.05) is 51.4 Å². The van der Waals surface area contributed by atoms with Crippen molar-refractivity contribution in [2.45, 2.75) is 84.1 Å². The number of pyridine rings is 1. The number of carbonyl (C=O) groups is 1. The molecule has 1 N–H and O–H groups in total. The molecule has 2 rings (SSSR count). The third-order valence-corrected chi connectivity index (χ3v) is 6.43. The maximum atomic E-state index is 12.4. The summed E-state index contributed by atoms with van der Waals surface area (Å²) in [6, 6.07) is 4.41. The van der Waals surface area contributed by atoms with Crippen LogP contribution in [0.15, 0.2) is 18.3 Å². The molecule has 9 nitrogen and oxygen atoms in total. The summed E-state index contributed by atoms with van der Waals surface area (Å²) in [7, 11) is 0. The smallest absolute Gasteiger partial charge is 0.294 e. The molecule has 1 amide bonds. The number of unbranched alkanes of at least 4 members (excludes halogenated alkanes) is 9. The third kappa shape index (κ3) is 11.1. The second-order valence-corrected chi connectivity index (χ2v) is 9.37. The van der Waals surface area contributed by atoms with Crippen molar-refractivity contribution in [1.29, 1.82) is 0 Å². The summed E-state index contributed by atoms with van der Waals surface area (Å²) in [4.78, 5) is 36.0. The van der Waals surface area contributed by atoms with Crippen LogP contribution in [0.25, 0.3) is 0 Å². The summed E-state index contributed by atoms with van der Waals surface area (Å²) in [5, 5.41) is 12.3. The van der Waals surface area contributed by atoms with E-state index >= 15 is 0 Å². The fraction of sp³-hybridized carbons (Fsp3) is 0.760. The van der Waals surface area contributed by atoms with Gasteiger partial charge in [0, 0.05) is 45.0 Å². The van der Waals surface area contributed by atoms with Crippen LogP contribution in [0.2, 0.25) is 0 Å². The second kappa shape index (κ2) is 16.2. The summed E-state index contributed by atoms with van der Waals surface area (Å²) in [5.74, 6) is 0.899. The summed E-state index contributed by atoms with van der Waals surface area (Å²) in [6.07, 6.45) is 12.7. The van der Waals surface area contributed by atoms with Gasteiger partial charge in [0.1, 0.15) is 5.82 Å². The Morgan fingerprint density at radius 2 is 1.59 bits per heavy atom. The minimum Gasteiger partial charge on any atom is -0.354 e. The van der Waals surface area contributed by atoms with Crippen molar-refractivity contribution >= 4 is 11.7 Å². The molecule has 0 aromatic carbocycles. The Morgan fingerprint density at radius 3 is 2.12 bits per heavy atom. The van der Waals surface area contributed by atoms with Crippen LogP contribution in [0.1, 0.15) is 88.4 Å². The zero-order valence-corrected chi connectivity index (χ0v) is 21.0. The molecule has 9 heteroatoms. The topological polar surface area (TPSA) is 101 Å². The predicted molar refractivity (Wildman–Crippen MR) is 135 cm³/mol. The lowest BCUT2D eigenvalue weighted by Crippen LogP contribution is -2.49.